The fraction of sp³-hybridized carbons (Fsp3) is 0.280. The Labute approximate surface area is 229 Å². The molecule has 3 aromatic rings. The van der Waals surface area contributed by atoms with Gasteiger partial charge in [0, 0.05) is 48.1 Å². The zero-order valence-electron chi connectivity index (χ0n) is 20.4. The molecule has 0 aliphatic heterocycles. The van der Waals surface area contributed by atoms with Crippen LogP contribution in [0.3, 0.4) is 0 Å². The van der Waals surface area contributed by atoms with Crippen LogP contribution in [-0.2, 0) is 11.8 Å². The molecular formula is C25H25F2N4NaO4. The maximum atomic E-state index is 15.2. The largest absolute Gasteiger partial charge is 1.00 e. The molecule has 2 atom stereocenters. The molecular weight excluding hydrogens is 481 g/mol. The number of carboxylic acids is 1. The van der Waals surface area contributed by atoms with E-state index in [1.807, 2.05) is 0 Å². The van der Waals surface area contributed by atoms with Crippen molar-refractivity contribution in [3.63, 3.8) is 0 Å². The number of aryl methyl sites for hydroxylation is 3. The Kier molecular flexibility index (Phi) is 10.6. The number of allylic oxidation sites excluding steroid dienone is 2. The number of carbonyl (C=O) groups excluding carboxylic acids is 1. The molecule has 1 aromatic heterocycles. The number of halogens is 2. The van der Waals surface area contributed by atoms with E-state index in [9.17, 15) is 20.1 Å². The number of hydrogen-bond donors (Lipinski definition) is 2. The first-order valence-corrected chi connectivity index (χ1v) is 10.8. The number of tetrazole rings is 1. The van der Waals surface area contributed by atoms with E-state index >= 15 is 8.78 Å². The minimum absolute atomic E-state index is 0. The third kappa shape index (κ3) is 7.37. The molecule has 2 aromatic carbocycles. The molecule has 11 heteroatoms. The van der Waals surface area contributed by atoms with Crippen LogP contribution in [0.4, 0.5) is 8.78 Å². The van der Waals surface area contributed by atoms with Crippen molar-refractivity contribution in [2.75, 3.05) is 0 Å². The van der Waals surface area contributed by atoms with Crippen LogP contribution >= 0.6 is 0 Å². The zero-order chi connectivity index (χ0) is 25.7. The van der Waals surface area contributed by atoms with Crippen LogP contribution in [0.1, 0.15) is 40.9 Å². The van der Waals surface area contributed by atoms with Gasteiger partial charge in [0.2, 0.25) is 0 Å². The predicted octanol–water partition coefficient (Wildman–Crippen LogP) is -1.12. The molecule has 0 aliphatic carbocycles. The number of aliphatic hydroxyl groups excluding tert-OH is 2. The molecule has 1 heterocycles. The van der Waals surface area contributed by atoms with E-state index in [0.717, 1.165) is 0 Å². The van der Waals surface area contributed by atoms with E-state index < -0.39 is 36.2 Å². The molecule has 0 amide bonds. The first-order chi connectivity index (χ1) is 16.6. The second-order valence-corrected chi connectivity index (χ2v) is 8.27. The predicted molar refractivity (Wildman–Crippen MR) is 122 cm³/mol. The minimum atomic E-state index is -1.45. The molecule has 3 rings (SSSR count). The van der Waals surface area contributed by atoms with Crippen molar-refractivity contribution in [1.29, 1.82) is 0 Å². The van der Waals surface area contributed by atoms with Gasteiger partial charge in [-0.15, -0.1) is 5.10 Å². The van der Waals surface area contributed by atoms with Gasteiger partial charge in [-0.1, -0.05) is 36.4 Å². The van der Waals surface area contributed by atoms with E-state index in [4.69, 9.17) is 0 Å². The number of aliphatic hydroxyl groups is 2. The van der Waals surface area contributed by atoms with E-state index in [1.54, 1.807) is 33.0 Å². The first-order valence-electron chi connectivity index (χ1n) is 10.8. The van der Waals surface area contributed by atoms with Crippen LogP contribution in [0.15, 0.2) is 48.6 Å². The summed E-state index contributed by atoms with van der Waals surface area (Å²) in [6.45, 7) is 3.45. The van der Waals surface area contributed by atoms with Crippen molar-refractivity contribution in [3.05, 3.63) is 88.3 Å². The van der Waals surface area contributed by atoms with Gasteiger partial charge in [-0.3, -0.25) is 0 Å². The summed E-state index contributed by atoms with van der Waals surface area (Å²) in [4.78, 5) is 10.7. The number of aliphatic carboxylic acids is 1. The molecule has 0 spiro atoms. The summed E-state index contributed by atoms with van der Waals surface area (Å²) < 4.78 is 31.7. The second kappa shape index (κ2) is 13.0. The van der Waals surface area contributed by atoms with Crippen LogP contribution in [0.25, 0.3) is 11.1 Å². The van der Waals surface area contributed by atoms with Gasteiger partial charge >= 0.3 is 29.6 Å². The van der Waals surface area contributed by atoms with Crippen molar-refractivity contribution in [2.24, 2.45) is 7.05 Å². The number of carboxylic acid groups (broad SMARTS) is 1. The Balaban J connectivity index is 0.00000456. The summed E-state index contributed by atoms with van der Waals surface area (Å²) >= 11 is 0. The van der Waals surface area contributed by atoms with E-state index in [-0.39, 0.29) is 64.1 Å². The van der Waals surface area contributed by atoms with E-state index in [1.165, 1.54) is 41.1 Å². The first kappa shape index (κ1) is 29.5. The Morgan fingerprint density at radius 2 is 1.64 bits per heavy atom. The van der Waals surface area contributed by atoms with E-state index in [2.05, 4.69) is 15.5 Å². The molecule has 0 saturated heterocycles. The molecule has 0 saturated carbocycles. The van der Waals surface area contributed by atoms with Crippen molar-refractivity contribution in [1.82, 2.24) is 20.2 Å². The summed E-state index contributed by atoms with van der Waals surface area (Å²) in [5.41, 5.74) is 1.88. The second-order valence-electron chi connectivity index (χ2n) is 8.27. The fourth-order valence-corrected chi connectivity index (χ4v) is 3.65. The number of carbonyl (C=O) groups is 1. The molecule has 2 N–H and O–H groups in total. The van der Waals surface area contributed by atoms with Crippen LogP contribution in [0.5, 0.6) is 0 Å². The SMILES string of the molecule is Cc1ccc(C(=C(/C=C/C(O)CC(O)CC(=O)[O-])c2nnnn2C)c2ccc(C)cc2F)c(F)c1.[Na+]. The molecule has 8 nitrogen and oxygen atoms in total. The third-order valence-electron chi connectivity index (χ3n) is 5.32. The van der Waals surface area contributed by atoms with Crippen LogP contribution in [-0.4, -0.2) is 48.6 Å². The molecule has 0 fully saturated rings. The summed E-state index contributed by atoms with van der Waals surface area (Å²) in [5, 5.41) is 42.3. The molecule has 0 radical (unpaired) electrons. The monoisotopic (exact) mass is 506 g/mol. The average molecular weight is 506 g/mol. The normalized spacial score (nSPS) is 12.8. The Bertz CT molecular complexity index is 1240. The van der Waals surface area contributed by atoms with Gasteiger partial charge in [0.1, 0.15) is 11.6 Å². The minimum Gasteiger partial charge on any atom is -0.550 e. The summed E-state index contributed by atoms with van der Waals surface area (Å²) in [7, 11) is 1.55. The number of benzene rings is 2. The van der Waals surface area contributed by atoms with Gasteiger partial charge in [0.25, 0.3) is 0 Å². The van der Waals surface area contributed by atoms with Gasteiger partial charge in [-0.2, -0.15) is 0 Å². The summed E-state index contributed by atoms with van der Waals surface area (Å²) in [6.07, 6.45) is -0.868. The molecule has 2 unspecified atom stereocenters. The quantitative estimate of drug-likeness (QED) is 0.278. The molecule has 184 valence electrons. The van der Waals surface area contributed by atoms with Crippen LogP contribution in [0.2, 0.25) is 0 Å². The van der Waals surface area contributed by atoms with Crippen molar-refractivity contribution < 1.29 is 58.5 Å². The van der Waals surface area contributed by atoms with Crippen LogP contribution < -0.4 is 34.7 Å². The van der Waals surface area contributed by atoms with Crippen molar-refractivity contribution in [3.8, 4) is 0 Å². The Morgan fingerprint density at radius 3 is 2.08 bits per heavy atom. The van der Waals surface area contributed by atoms with Crippen LogP contribution in [0, 0.1) is 25.5 Å². The number of nitrogens with zero attached hydrogens (tertiary/aromatic N) is 4. The van der Waals surface area contributed by atoms with Gasteiger partial charge < -0.3 is 20.1 Å². The van der Waals surface area contributed by atoms with Gasteiger partial charge in [0.05, 0.1) is 12.2 Å². The molecule has 36 heavy (non-hydrogen) atoms. The van der Waals surface area contributed by atoms with E-state index in [0.29, 0.717) is 11.1 Å². The third-order valence-corrected chi connectivity index (χ3v) is 5.32. The number of aromatic nitrogens is 4. The summed E-state index contributed by atoms with van der Waals surface area (Å²) in [6, 6.07) is 9.07. The Morgan fingerprint density at radius 1 is 1.08 bits per heavy atom. The Hall–Kier alpha value is -2.76. The smallest absolute Gasteiger partial charge is 0.550 e. The maximum absolute atomic E-state index is 15.2. The molecule has 0 aliphatic rings. The standard InChI is InChI=1S/C25H26F2N4O4.Na/c1-14-4-7-18(21(26)10-14)24(19-8-5-15(2)11-22(19)27)20(25-28-29-30-31(25)3)9-6-16(32)12-17(33)13-23(34)35;/h4-11,16-17,32-33H,12-13H2,1-3H3,(H,34,35);/q;+1/p-1/b9-6+;. The van der Waals surface area contributed by atoms with Crippen molar-refractivity contribution in [2.45, 2.75) is 38.9 Å². The van der Waals surface area contributed by atoms with Gasteiger partial charge in [-0.05, 0) is 47.5 Å². The maximum Gasteiger partial charge on any atom is 1.00 e. The van der Waals surface area contributed by atoms with Crippen molar-refractivity contribution >= 4 is 17.1 Å². The van der Waals surface area contributed by atoms with Gasteiger partial charge in [-0.25, -0.2) is 13.5 Å². The van der Waals surface area contributed by atoms with Gasteiger partial charge in [0.15, 0.2) is 5.82 Å². The fourth-order valence-electron chi connectivity index (χ4n) is 3.65. The summed E-state index contributed by atoms with van der Waals surface area (Å²) in [5.74, 6) is -2.47. The number of rotatable bonds is 9. The molecule has 0 bridgehead atoms. The topological polar surface area (TPSA) is 124 Å². The zero-order valence-corrected chi connectivity index (χ0v) is 22.4. The number of hydrogen-bond acceptors (Lipinski definition) is 7. The average Bonchev–Trinajstić information content (AvgIpc) is 3.17.